The van der Waals surface area contributed by atoms with Crippen LogP contribution in [0.3, 0.4) is 0 Å². The standard InChI is InChI=1S/C22H18N2O3/c1-26-15-19-14-21(24(23-19)20-9-3-2-4-10-20)27-22(25)18-12-11-16-7-5-6-8-17(16)13-18/h2-14H,15H2,1H3. The Labute approximate surface area is 156 Å². The van der Waals surface area contributed by atoms with E-state index in [-0.39, 0.29) is 0 Å². The van der Waals surface area contributed by atoms with Gasteiger partial charge in [-0.25, -0.2) is 9.48 Å². The quantitative estimate of drug-likeness (QED) is 0.497. The highest BCUT2D eigenvalue weighted by Gasteiger charge is 2.16. The van der Waals surface area contributed by atoms with Crippen LogP contribution in [0.25, 0.3) is 16.5 Å². The lowest BCUT2D eigenvalue weighted by Gasteiger charge is -2.08. The van der Waals surface area contributed by atoms with Crippen LogP contribution in [0.15, 0.2) is 78.9 Å². The van der Waals surface area contributed by atoms with Crippen molar-refractivity contribution in [2.24, 2.45) is 0 Å². The van der Waals surface area contributed by atoms with Crippen molar-refractivity contribution >= 4 is 16.7 Å². The Morgan fingerprint density at radius 3 is 2.44 bits per heavy atom. The average molecular weight is 358 g/mol. The maximum absolute atomic E-state index is 12.7. The molecule has 134 valence electrons. The molecule has 1 aromatic heterocycles. The third-order valence-electron chi connectivity index (χ3n) is 4.20. The van der Waals surface area contributed by atoms with Gasteiger partial charge in [0.25, 0.3) is 0 Å². The number of benzene rings is 3. The summed E-state index contributed by atoms with van der Waals surface area (Å²) in [5.41, 5.74) is 1.98. The average Bonchev–Trinajstić information content (AvgIpc) is 3.11. The predicted octanol–water partition coefficient (Wildman–Crippen LogP) is 4.39. The molecule has 3 aromatic carbocycles. The van der Waals surface area contributed by atoms with Gasteiger partial charge in [0.1, 0.15) is 0 Å². The Morgan fingerprint density at radius 1 is 0.926 bits per heavy atom. The molecule has 0 N–H and O–H groups in total. The summed E-state index contributed by atoms with van der Waals surface area (Å²) < 4.78 is 12.4. The van der Waals surface area contributed by atoms with Crippen molar-refractivity contribution in [2.45, 2.75) is 6.61 Å². The van der Waals surface area contributed by atoms with Crippen LogP contribution in [-0.2, 0) is 11.3 Å². The van der Waals surface area contributed by atoms with Gasteiger partial charge in [0.05, 0.1) is 23.6 Å². The molecule has 0 bridgehead atoms. The highest BCUT2D eigenvalue weighted by Crippen LogP contribution is 2.22. The van der Waals surface area contributed by atoms with Gasteiger partial charge in [0.2, 0.25) is 5.88 Å². The van der Waals surface area contributed by atoms with Crippen LogP contribution in [0.5, 0.6) is 5.88 Å². The van der Waals surface area contributed by atoms with Crippen molar-refractivity contribution in [3.05, 3.63) is 90.1 Å². The van der Waals surface area contributed by atoms with E-state index in [1.807, 2.05) is 66.7 Å². The lowest BCUT2D eigenvalue weighted by atomic mass is 10.1. The first kappa shape index (κ1) is 17.0. The van der Waals surface area contributed by atoms with Crippen LogP contribution in [0, 0.1) is 0 Å². The Bertz CT molecular complexity index is 1090. The van der Waals surface area contributed by atoms with Gasteiger partial charge in [0, 0.05) is 13.2 Å². The minimum atomic E-state index is -0.429. The van der Waals surface area contributed by atoms with Gasteiger partial charge in [-0.3, -0.25) is 0 Å². The molecule has 5 heteroatoms. The number of ether oxygens (including phenoxy) is 2. The summed E-state index contributed by atoms with van der Waals surface area (Å²) >= 11 is 0. The van der Waals surface area contributed by atoms with E-state index in [4.69, 9.17) is 9.47 Å². The summed E-state index contributed by atoms with van der Waals surface area (Å²) in [6, 6.07) is 24.6. The summed E-state index contributed by atoms with van der Waals surface area (Å²) in [6.07, 6.45) is 0. The number of rotatable bonds is 5. The van der Waals surface area contributed by atoms with Gasteiger partial charge in [0.15, 0.2) is 0 Å². The van der Waals surface area contributed by atoms with E-state index in [0.29, 0.717) is 23.7 Å². The van der Waals surface area contributed by atoms with Crippen LogP contribution in [0.1, 0.15) is 16.1 Å². The van der Waals surface area contributed by atoms with Crippen molar-refractivity contribution < 1.29 is 14.3 Å². The lowest BCUT2D eigenvalue weighted by Crippen LogP contribution is -2.11. The molecule has 1 heterocycles. The van der Waals surface area contributed by atoms with Gasteiger partial charge >= 0.3 is 5.97 Å². The molecule has 0 saturated heterocycles. The summed E-state index contributed by atoms with van der Waals surface area (Å²) in [5, 5.41) is 6.55. The van der Waals surface area contributed by atoms with E-state index >= 15 is 0 Å². The van der Waals surface area contributed by atoms with Gasteiger partial charge in [-0.1, -0.05) is 48.5 Å². The van der Waals surface area contributed by atoms with E-state index < -0.39 is 5.97 Å². The predicted molar refractivity (Wildman–Crippen MR) is 103 cm³/mol. The van der Waals surface area contributed by atoms with E-state index in [9.17, 15) is 4.79 Å². The fraction of sp³-hybridized carbons (Fsp3) is 0.0909. The molecule has 0 aliphatic heterocycles. The molecule has 0 spiro atoms. The number of hydrogen-bond donors (Lipinski definition) is 0. The van der Waals surface area contributed by atoms with E-state index in [1.54, 1.807) is 23.9 Å². The summed E-state index contributed by atoms with van der Waals surface area (Å²) in [5.74, 6) is -0.0757. The first-order valence-electron chi connectivity index (χ1n) is 8.59. The Morgan fingerprint density at radius 2 is 1.67 bits per heavy atom. The molecule has 4 rings (SSSR count). The van der Waals surface area contributed by atoms with Crippen molar-refractivity contribution in [1.82, 2.24) is 9.78 Å². The topological polar surface area (TPSA) is 53.4 Å². The molecule has 4 aromatic rings. The van der Waals surface area contributed by atoms with Crippen molar-refractivity contribution in [1.29, 1.82) is 0 Å². The Hall–Kier alpha value is -3.44. The minimum Gasteiger partial charge on any atom is -0.404 e. The number of methoxy groups -OCH3 is 1. The highest BCUT2D eigenvalue weighted by molar-refractivity contribution is 5.96. The molecule has 0 aliphatic rings. The second kappa shape index (κ2) is 7.43. The zero-order chi connectivity index (χ0) is 18.6. The van der Waals surface area contributed by atoms with Crippen molar-refractivity contribution in [3.63, 3.8) is 0 Å². The van der Waals surface area contributed by atoms with Gasteiger partial charge < -0.3 is 9.47 Å². The smallest absolute Gasteiger partial charge is 0.344 e. The number of nitrogens with zero attached hydrogens (tertiary/aromatic N) is 2. The van der Waals surface area contributed by atoms with Crippen LogP contribution in [0.4, 0.5) is 0 Å². The van der Waals surface area contributed by atoms with Crippen LogP contribution in [-0.4, -0.2) is 22.9 Å². The van der Waals surface area contributed by atoms with E-state index in [1.165, 1.54) is 0 Å². The molecule has 0 unspecified atom stereocenters. The maximum Gasteiger partial charge on any atom is 0.344 e. The molecule has 0 amide bonds. The molecule has 0 radical (unpaired) electrons. The number of carbonyl (C=O) groups excluding carboxylic acids is 1. The SMILES string of the molecule is COCc1cc(OC(=O)c2ccc3ccccc3c2)n(-c2ccccc2)n1. The largest absolute Gasteiger partial charge is 0.404 e. The van der Waals surface area contributed by atoms with Gasteiger partial charge in [-0.15, -0.1) is 0 Å². The number of carbonyl (C=O) groups is 1. The second-order valence-electron chi connectivity index (χ2n) is 6.11. The summed E-state index contributed by atoms with van der Waals surface area (Å²) in [4.78, 5) is 12.7. The fourth-order valence-electron chi connectivity index (χ4n) is 2.93. The zero-order valence-electron chi connectivity index (χ0n) is 14.8. The third-order valence-corrected chi connectivity index (χ3v) is 4.20. The first-order chi connectivity index (χ1) is 13.2. The van der Waals surface area contributed by atoms with Crippen LogP contribution >= 0.6 is 0 Å². The molecular formula is C22H18N2O3. The Balaban J connectivity index is 1.67. The molecule has 0 aliphatic carbocycles. The van der Waals surface area contributed by atoms with Crippen molar-refractivity contribution in [3.8, 4) is 11.6 Å². The molecule has 0 atom stereocenters. The summed E-state index contributed by atoms with van der Waals surface area (Å²) in [7, 11) is 1.60. The minimum absolute atomic E-state index is 0.334. The second-order valence-corrected chi connectivity index (χ2v) is 6.11. The number of esters is 1. The fourth-order valence-corrected chi connectivity index (χ4v) is 2.93. The zero-order valence-corrected chi connectivity index (χ0v) is 14.8. The normalized spacial score (nSPS) is 10.9. The molecule has 0 saturated carbocycles. The molecular weight excluding hydrogens is 340 g/mol. The Kier molecular flexibility index (Phi) is 4.68. The van der Waals surface area contributed by atoms with Crippen molar-refractivity contribution in [2.75, 3.05) is 7.11 Å². The lowest BCUT2D eigenvalue weighted by molar-refractivity contribution is 0.0723. The van der Waals surface area contributed by atoms with Gasteiger partial charge in [-0.05, 0) is 35.0 Å². The molecule has 5 nitrogen and oxygen atoms in total. The van der Waals surface area contributed by atoms with Gasteiger partial charge in [-0.2, -0.15) is 5.10 Å². The monoisotopic (exact) mass is 358 g/mol. The van der Waals surface area contributed by atoms with Crippen LogP contribution < -0.4 is 4.74 Å². The first-order valence-corrected chi connectivity index (χ1v) is 8.59. The number of para-hydroxylation sites is 1. The molecule has 27 heavy (non-hydrogen) atoms. The van der Waals surface area contributed by atoms with E-state index in [2.05, 4.69) is 5.10 Å². The maximum atomic E-state index is 12.7. The third kappa shape index (κ3) is 3.59. The van der Waals surface area contributed by atoms with E-state index in [0.717, 1.165) is 16.5 Å². The highest BCUT2D eigenvalue weighted by atomic mass is 16.5. The number of hydrogen-bond acceptors (Lipinski definition) is 4. The summed E-state index contributed by atoms with van der Waals surface area (Å²) in [6.45, 7) is 0.334. The van der Waals surface area contributed by atoms with Crippen LogP contribution in [0.2, 0.25) is 0 Å². The molecule has 0 fully saturated rings. The number of aromatic nitrogens is 2. The number of fused-ring (bicyclic) bond motifs is 1.